The first-order valence-electron chi connectivity index (χ1n) is 4.76. The summed E-state index contributed by atoms with van der Waals surface area (Å²) in [5.74, 6) is -1.19. The molecule has 0 saturated heterocycles. The van der Waals surface area contributed by atoms with Gasteiger partial charge in [0.25, 0.3) is 0 Å². The van der Waals surface area contributed by atoms with Gasteiger partial charge in [0.15, 0.2) is 10.8 Å². The van der Waals surface area contributed by atoms with Crippen LogP contribution in [0, 0.1) is 0 Å². The summed E-state index contributed by atoms with van der Waals surface area (Å²) in [6.45, 7) is -0.504. The molecule has 0 heterocycles. The highest BCUT2D eigenvalue weighted by Gasteiger charge is 2.38. The monoisotopic (exact) mass is 297 g/mol. The van der Waals surface area contributed by atoms with Crippen molar-refractivity contribution in [2.24, 2.45) is 0 Å². The second kappa shape index (κ2) is 5.34. The second-order valence-corrected chi connectivity index (χ2v) is 4.91. The molecule has 6 N–H and O–H groups in total. The molecule has 0 radical (unpaired) electrons. The highest BCUT2D eigenvalue weighted by molar-refractivity contribution is 7.86. The highest BCUT2D eigenvalue weighted by atomic mass is 32.2. The molecule has 1 unspecified atom stereocenters. The summed E-state index contributed by atoms with van der Waals surface area (Å²) in [7, 11) is -3.25. The summed E-state index contributed by atoms with van der Waals surface area (Å²) < 4.78 is 47.9. The van der Waals surface area contributed by atoms with Crippen LogP contribution < -0.4 is 16.8 Å². The Hall–Kier alpha value is -1.97. The smallest absolute Gasteiger partial charge is 0.475 e. The van der Waals surface area contributed by atoms with Crippen LogP contribution in [-0.2, 0) is 15.6 Å². The standard InChI is InChI=1S/C9H10F3N3O3S/c10-9(11,12)19(18)4-1-5(13)8(6(14)2-4)15-3-7(16)17/h1-2,15H,3,13-14H2,(H,16,17). The molecule has 0 aliphatic heterocycles. The van der Waals surface area contributed by atoms with E-state index in [4.69, 9.17) is 16.6 Å². The molecule has 1 aromatic rings. The average Bonchev–Trinajstić information content (AvgIpc) is 2.24. The van der Waals surface area contributed by atoms with E-state index in [0.717, 1.165) is 12.1 Å². The number of rotatable bonds is 4. The number of benzene rings is 1. The third kappa shape index (κ3) is 3.74. The van der Waals surface area contributed by atoms with Crippen molar-refractivity contribution in [1.29, 1.82) is 0 Å². The van der Waals surface area contributed by atoms with E-state index in [9.17, 15) is 22.2 Å². The third-order valence-electron chi connectivity index (χ3n) is 2.01. The van der Waals surface area contributed by atoms with Gasteiger partial charge in [-0.3, -0.25) is 4.79 Å². The molecule has 0 aromatic heterocycles. The number of carbonyl (C=O) groups is 1. The molecule has 19 heavy (non-hydrogen) atoms. The van der Waals surface area contributed by atoms with E-state index in [1.807, 2.05) is 0 Å². The van der Waals surface area contributed by atoms with Gasteiger partial charge in [0.1, 0.15) is 6.54 Å². The molecule has 1 aromatic carbocycles. The maximum Gasteiger partial charge on any atom is 0.475 e. The molecule has 1 atom stereocenters. The van der Waals surface area contributed by atoms with Gasteiger partial charge in [0.05, 0.1) is 22.0 Å². The van der Waals surface area contributed by atoms with Crippen LogP contribution in [0.15, 0.2) is 17.0 Å². The first-order chi connectivity index (χ1) is 8.62. The Morgan fingerprint density at radius 2 is 1.79 bits per heavy atom. The van der Waals surface area contributed by atoms with Gasteiger partial charge in [0.2, 0.25) is 0 Å². The Morgan fingerprint density at radius 3 is 2.16 bits per heavy atom. The van der Waals surface area contributed by atoms with Gasteiger partial charge in [0, 0.05) is 0 Å². The van der Waals surface area contributed by atoms with E-state index in [-0.39, 0.29) is 17.1 Å². The van der Waals surface area contributed by atoms with E-state index < -0.39 is 33.7 Å². The molecule has 0 bridgehead atoms. The van der Waals surface area contributed by atoms with Gasteiger partial charge in [-0.05, 0) is 12.1 Å². The number of nitrogen functional groups attached to an aromatic ring is 2. The van der Waals surface area contributed by atoms with Crippen molar-refractivity contribution < 1.29 is 27.3 Å². The lowest BCUT2D eigenvalue weighted by atomic mass is 10.2. The Bertz CT molecular complexity index is 510. The number of anilines is 3. The molecule has 0 amide bonds. The van der Waals surface area contributed by atoms with Crippen LogP contribution in [0.5, 0.6) is 0 Å². The van der Waals surface area contributed by atoms with Crippen LogP contribution in [0.1, 0.15) is 0 Å². The Balaban J connectivity index is 3.10. The van der Waals surface area contributed by atoms with Crippen molar-refractivity contribution in [3.8, 4) is 0 Å². The van der Waals surface area contributed by atoms with Crippen molar-refractivity contribution in [2.75, 3.05) is 23.3 Å². The largest absolute Gasteiger partial charge is 0.480 e. The number of nitrogens with one attached hydrogen (secondary N) is 1. The number of hydrogen-bond acceptors (Lipinski definition) is 5. The number of carboxylic acid groups (broad SMARTS) is 1. The topological polar surface area (TPSA) is 118 Å². The lowest BCUT2D eigenvalue weighted by molar-refractivity contribution is -0.134. The zero-order valence-electron chi connectivity index (χ0n) is 9.32. The SMILES string of the molecule is Nc1cc(S(=O)C(F)(F)F)cc(N)c1NCC(=O)O. The molecule has 0 fully saturated rings. The van der Waals surface area contributed by atoms with Crippen LogP contribution in [0.4, 0.5) is 30.2 Å². The van der Waals surface area contributed by atoms with Crippen LogP contribution in [0.3, 0.4) is 0 Å². The number of halogens is 3. The maximum atomic E-state index is 12.3. The van der Waals surface area contributed by atoms with Crippen LogP contribution >= 0.6 is 0 Å². The average molecular weight is 297 g/mol. The highest BCUT2D eigenvalue weighted by Crippen LogP contribution is 2.33. The normalized spacial score (nSPS) is 13.0. The van der Waals surface area contributed by atoms with Gasteiger partial charge in [-0.2, -0.15) is 13.2 Å². The number of aliphatic carboxylic acids is 1. The Labute approximate surface area is 108 Å². The zero-order valence-corrected chi connectivity index (χ0v) is 10.1. The van der Waals surface area contributed by atoms with E-state index in [1.54, 1.807) is 0 Å². The molecular weight excluding hydrogens is 287 g/mol. The van der Waals surface area contributed by atoms with Gasteiger partial charge in [-0.1, -0.05) is 0 Å². The minimum atomic E-state index is -4.92. The predicted molar refractivity (Wildman–Crippen MR) is 63.9 cm³/mol. The van der Waals surface area contributed by atoms with E-state index in [1.165, 1.54) is 0 Å². The summed E-state index contributed by atoms with van der Waals surface area (Å²) in [4.78, 5) is 9.77. The number of carboxylic acids is 1. The fourth-order valence-corrected chi connectivity index (χ4v) is 2.00. The van der Waals surface area contributed by atoms with Crippen molar-refractivity contribution in [3.05, 3.63) is 12.1 Å². The van der Waals surface area contributed by atoms with E-state index in [0.29, 0.717) is 0 Å². The summed E-state index contributed by atoms with van der Waals surface area (Å²) in [6, 6.07) is 1.67. The number of nitrogens with two attached hydrogens (primary N) is 2. The zero-order chi connectivity index (χ0) is 14.8. The number of alkyl halides is 3. The molecule has 1 rings (SSSR count). The Morgan fingerprint density at radius 1 is 1.32 bits per heavy atom. The van der Waals surface area contributed by atoms with Crippen molar-refractivity contribution in [2.45, 2.75) is 10.4 Å². The molecule has 0 aliphatic rings. The fraction of sp³-hybridized carbons (Fsp3) is 0.222. The molecule has 106 valence electrons. The molecule has 10 heteroatoms. The van der Waals surface area contributed by atoms with Gasteiger partial charge >= 0.3 is 11.5 Å². The predicted octanol–water partition coefficient (Wildman–Crippen LogP) is 0.975. The van der Waals surface area contributed by atoms with Crippen LogP contribution in [-0.4, -0.2) is 27.3 Å². The summed E-state index contributed by atoms with van der Waals surface area (Å²) in [5, 5.41) is 10.8. The summed E-state index contributed by atoms with van der Waals surface area (Å²) >= 11 is 0. The van der Waals surface area contributed by atoms with Crippen LogP contribution in [0.25, 0.3) is 0 Å². The number of hydrogen-bond donors (Lipinski definition) is 4. The summed E-state index contributed by atoms with van der Waals surface area (Å²) in [6.07, 6.45) is 0. The lowest BCUT2D eigenvalue weighted by Gasteiger charge is -2.13. The lowest BCUT2D eigenvalue weighted by Crippen LogP contribution is -2.18. The van der Waals surface area contributed by atoms with Crippen molar-refractivity contribution in [3.63, 3.8) is 0 Å². The van der Waals surface area contributed by atoms with Gasteiger partial charge in [-0.15, -0.1) is 0 Å². The minimum absolute atomic E-state index is 0.00896. The molecule has 0 saturated carbocycles. The molecule has 6 nitrogen and oxygen atoms in total. The van der Waals surface area contributed by atoms with Crippen molar-refractivity contribution >= 4 is 33.8 Å². The second-order valence-electron chi connectivity index (χ2n) is 3.44. The fourth-order valence-electron chi connectivity index (χ4n) is 1.27. The molecular formula is C9H10F3N3O3S. The molecule has 0 aliphatic carbocycles. The maximum absolute atomic E-state index is 12.3. The Kier molecular flexibility index (Phi) is 4.24. The first-order valence-corrected chi connectivity index (χ1v) is 5.91. The quantitative estimate of drug-likeness (QED) is 0.615. The third-order valence-corrected chi connectivity index (χ3v) is 3.10. The van der Waals surface area contributed by atoms with Crippen LogP contribution in [0.2, 0.25) is 0 Å². The first kappa shape index (κ1) is 15.1. The van der Waals surface area contributed by atoms with E-state index >= 15 is 0 Å². The van der Waals surface area contributed by atoms with Crippen molar-refractivity contribution in [1.82, 2.24) is 0 Å². The minimum Gasteiger partial charge on any atom is -0.480 e. The van der Waals surface area contributed by atoms with Gasteiger partial charge in [-0.25, -0.2) is 4.21 Å². The molecule has 0 spiro atoms. The van der Waals surface area contributed by atoms with E-state index in [2.05, 4.69) is 5.32 Å². The van der Waals surface area contributed by atoms with Gasteiger partial charge < -0.3 is 21.9 Å². The summed E-state index contributed by atoms with van der Waals surface area (Å²) in [5.41, 5.74) is 5.55.